The molecule has 1 unspecified atom stereocenters. The van der Waals surface area contributed by atoms with Crippen LogP contribution in [0.15, 0.2) is 53.4 Å². The van der Waals surface area contributed by atoms with Crippen molar-refractivity contribution in [2.75, 3.05) is 13.1 Å². The number of hydrogen-bond donors (Lipinski definition) is 4. The molecular weight excluding hydrogens is 541 g/mol. The lowest BCUT2D eigenvalue weighted by molar-refractivity contribution is -0.123. The largest absolute Gasteiger partial charge is 0.391 e. The molecule has 2 amide bonds. The SMILES string of the molecule is CC(C)C[C@H](NC(=O)c1cc2ccccc2s1)C(=O)NCC(O)CCNS(=O)(=O)c1ccc(F)cc1Cl. The second-order valence-corrected chi connectivity index (χ2v) is 12.2. The van der Waals surface area contributed by atoms with Gasteiger partial charge >= 0.3 is 0 Å². The zero-order valence-electron chi connectivity index (χ0n) is 20.3. The highest BCUT2D eigenvalue weighted by molar-refractivity contribution is 7.89. The number of aliphatic hydroxyl groups excluding tert-OH is 1. The number of thiophene rings is 1. The van der Waals surface area contributed by atoms with Crippen molar-refractivity contribution in [2.24, 2.45) is 5.92 Å². The summed E-state index contributed by atoms with van der Waals surface area (Å²) in [5.41, 5.74) is 0. The van der Waals surface area contributed by atoms with Gasteiger partial charge in [-0.1, -0.05) is 43.6 Å². The number of nitrogens with one attached hydrogen (secondary N) is 3. The molecule has 2 aromatic carbocycles. The summed E-state index contributed by atoms with van der Waals surface area (Å²) in [4.78, 5) is 25.9. The molecule has 3 rings (SSSR count). The smallest absolute Gasteiger partial charge is 0.262 e. The van der Waals surface area contributed by atoms with Crippen molar-refractivity contribution in [1.82, 2.24) is 15.4 Å². The number of sulfonamides is 1. The third-order valence-electron chi connectivity index (χ3n) is 5.44. The Morgan fingerprint density at radius 1 is 1.14 bits per heavy atom. The molecule has 2 atom stereocenters. The maximum atomic E-state index is 13.2. The fraction of sp³-hybridized carbons (Fsp3) is 0.360. The van der Waals surface area contributed by atoms with Crippen LogP contribution in [0.4, 0.5) is 4.39 Å². The number of carbonyl (C=O) groups excluding carboxylic acids is 2. The first-order valence-electron chi connectivity index (χ1n) is 11.7. The molecule has 200 valence electrons. The van der Waals surface area contributed by atoms with Crippen LogP contribution in [0.5, 0.6) is 0 Å². The standard InChI is InChI=1S/C25H29ClFN3O5S2/c1-15(2)11-20(30-25(33)22-12-16-5-3-4-6-21(16)36-22)24(32)28-14-18(31)9-10-29-37(34,35)23-8-7-17(27)13-19(23)26/h3-8,12-13,15,18,20,29,31H,9-11,14H2,1-2H3,(H,28,32)(H,30,33)/t18?,20-/m0/s1. The molecular formula is C25H29ClFN3O5S2. The number of rotatable bonds is 12. The molecule has 3 aromatic rings. The Balaban J connectivity index is 1.51. The molecule has 0 bridgehead atoms. The van der Waals surface area contributed by atoms with Gasteiger partial charge in [-0.15, -0.1) is 11.3 Å². The van der Waals surface area contributed by atoms with Crippen molar-refractivity contribution in [3.8, 4) is 0 Å². The fourth-order valence-corrected chi connectivity index (χ4v) is 6.14. The van der Waals surface area contributed by atoms with Crippen molar-refractivity contribution in [3.05, 3.63) is 64.2 Å². The number of halogens is 2. The van der Waals surface area contributed by atoms with E-state index in [1.165, 1.54) is 11.3 Å². The summed E-state index contributed by atoms with van der Waals surface area (Å²) in [6.07, 6.45) is -0.647. The van der Waals surface area contributed by atoms with Gasteiger partial charge in [0.15, 0.2) is 0 Å². The molecule has 1 heterocycles. The predicted molar refractivity (Wildman–Crippen MR) is 143 cm³/mol. The third-order valence-corrected chi connectivity index (χ3v) is 8.50. The van der Waals surface area contributed by atoms with Crippen LogP contribution in [0.2, 0.25) is 5.02 Å². The Bertz CT molecular complexity index is 1330. The molecule has 4 N–H and O–H groups in total. The molecule has 0 radical (unpaired) electrons. The quantitative estimate of drug-likeness (QED) is 0.265. The molecule has 0 saturated carbocycles. The van der Waals surface area contributed by atoms with Crippen molar-refractivity contribution < 1.29 is 27.5 Å². The van der Waals surface area contributed by atoms with E-state index in [1.54, 1.807) is 6.07 Å². The summed E-state index contributed by atoms with van der Waals surface area (Å²) in [6, 6.07) is 11.5. The van der Waals surface area contributed by atoms with Crippen molar-refractivity contribution >= 4 is 54.9 Å². The average molecular weight is 570 g/mol. The van der Waals surface area contributed by atoms with E-state index < -0.39 is 33.9 Å². The highest BCUT2D eigenvalue weighted by atomic mass is 35.5. The monoisotopic (exact) mass is 569 g/mol. The van der Waals surface area contributed by atoms with Gasteiger partial charge < -0.3 is 15.7 Å². The molecule has 0 aliphatic heterocycles. The number of hydrogen-bond acceptors (Lipinski definition) is 6. The van der Waals surface area contributed by atoms with E-state index >= 15 is 0 Å². The van der Waals surface area contributed by atoms with E-state index in [-0.39, 0.29) is 41.3 Å². The van der Waals surface area contributed by atoms with Gasteiger partial charge in [-0.3, -0.25) is 9.59 Å². The first-order chi connectivity index (χ1) is 17.5. The summed E-state index contributed by atoms with van der Waals surface area (Å²) in [5.74, 6) is -1.33. The Labute approximate surface area is 224 Å². The van der Waals surface area contributed by atoms with Crippen LogP contribution < -0.4 is 15.4 Å². The highest BCUT2D eigenvalue weighted by Crippen LogP contribution is 2.25. The van der Waals surface area contributed by atoms with Crippen LogP contribution in [0, 0.1) is 11.7 Å². The highest BCUT2D eigenvalue weighted by Gasteiger charge is 2.24. The lowest BCUT2D eigenvalue weighted by atomic mass is 10.0. The Kier molecular flexibility index (Phi) is 10.0. The summed E-state index contributed by atoms with van der Waals surface area (Å²) in [7, 11) is -4.00. The van der Waals surface area contributed by atoms with Crippen molar-refractivity contribution in [2.45, 2.75) is 43.7 Å². The summed E-state index contributed by atoms with van der Waals surface area (Å²) >= 11 is 7.16. The van der Waals surface area contributed by atoms with E-state index in [1.807, 2.05) is 38.1 Å². The van der Waals surface area contributed by atoms with Crippen LogP contribution in [0.1, 0.15) is 36.4 Å². The Morgan fingerprint density at radius 2 is 1.86 bits per heavy atom. The van der Waals surface area contributed by atoms with Gasteiger partial charge in [-0.05, 0) is 54.5 Å². The number of carbonyl (C=O) groups is 2. The molecule has 0 aliphatic carbocycles. The van der Waals surface area contributed by atoms with E-state index in [0.717, 1.165) is 28.3 Å². The van der Waals surface area contributed by atoms with Crippen LogP contribution in [0.3, 0.4) is 0 Å². The maximum Gasteiger partial charge on any atom is 0.262 e. The lowest BCUT2D eigenvalue weighted by Gasteiger charge is -2.21. The van der Waals surface area contributed by atoms with E-state index in [0.29, 0.717) is 11.3 Å². The zero-order chi connectivity index (χ0) is 27.2. The molecule has 37 heavy (non-hydrogen) atoms. The summed E-state index contributed by atoms with van der Waals surface area (Å²) in [6.45, 7) is 3.59. The fourth-order valence-electron chi connectivity index (χ4n) is 3.60. The molecule has 0 saturated heterocycles. The molecule has 8 nitrogen and oxygen atoms in total. The van der Waals surface area contributed by atoms with E-state index in [9.17, 15) is 27.5 Å². The van der Waals surface area contributed by atoms with Gasteiger partial charge in [-0.25, -0.2) is 17.5 Å². The van der Waals surface area contributed by atoms with Gasteiger partial charge in [0.2, 0.25) is 15.9 Å². The molecule has 12 heteroatoms. The van der Waals surface area contributed by atoms with Gasteiger partial charge in [0.25, 0.3) is 5.91 Å². The van der Waals surface area contributed by atoms with Crippen molar-refractivity contribution in [1.29, 1.82) is 0 Å². The molecule has 1 aromatic heterocycles. The Hall–Kier alpha value is -2.57. The van der Waals surface area contributed by atoms with Gasteiger partial charge in [0.05, 0.1) is 16.0 Å². The number of aliphatic hydroxyl groups is 1. The topological polar surface area (TPSA) is 125 Å². The molecule has 0 fully saturated rings. The number of benzene rings is 2. The van der Waals surface area contributed by atoms with E-state index in [2.05, 4.69) is 15.4 Å². The minimum atomic E-state index is -4.00. The first kappa shape index (κ1) is 29.0. The summed E-state index contributed by atoms with van der Waals surface area (Å²) < 4.78 is 41.2. The molecule has 0 aliphatic rings. The van der Waals surface area contributed by atoms with Gasteiger partial charge in [0.1, 0.15) is 16.8 Å². The Morgan fingerprint density at radius 3 is 2.54 bits per heavy atom. The summed E-state index contributed by atoms with van der Waals surface area (Å²) in [5, 5.41) is 16.4. The van der Waals surface area contributed by atoms with Crippen LogP contribution in [-0.2, 0) is 14.8 Å². The lowest BCUT2D eigenvalue weighted by Crippen LogP contribution is -2.49. The predicted octanol–water partition coefficient (Wildman–Crippen LogP) is 3.68. The zero-order valence-corrected chi connectivity index (χ0v) is 22.7. The minimum absolute atomic E-state index is 0.00130. The van der Waals surface area contributed by atoms with Crippen LogP contribution >= 0.6 is 22.9 Å². The minimum Gasteiger partial charge on any atom is -0.391 e. The van der Waals surface area contributed by atoms with Crippen LogP contribution in [-0.4, -0.2) is 50.6 Å². The average Bonchev–Trinajstić information content (AvgIpc) is 3.26. The number of amides is 2. The molecule has 0 spiro atoms. The van der Waals surface area contributed by atoms with E-state index in [4.69, 9.17) is 11.6 Å². The second-order valence-electron chi connectivity index (χ2n) is 8.96. The van der Waals surface area contributed by atoms with Crippen LogP contribution in [0.25, 0.3) is 10.1 Å². The van der Waals surface area contributed by atoms with Gasteiger partial charge in [-0.2, -0.15) is 0 Å². The third kappa shape index (κ3) is 8.21. The first-order valence-corrected chi connectivity index (χ1v) is 14.3. The maximum absolute atomic E-state index is 13.2. The number of fused-ring (bicyclic) bond motifs is 1. The van der Waals surface area contributed by atoms with Gasteiger partial charge in [0, 0.05) is 17.8 Å². The normalized spacial score (nSPS) is 13.5. The van der Waals surface area contributed by atoms with Crippen molar-refractivity contribution in [3.63, 3.8) is 0 Å². The second kappa shape index (κ2) is 12.8.